The summed E-state index contributed by atoms with van der Waals surface area (Å²) in [4.78, 5) is 6.66. The van der Waals surface area contributed by atoms with E-state index in [9.17, 15) is 0 Å². The fraction of sp³-hybridized carbons (Fsp3) is 0.312. The van der Waals surface area contributed by atoms with Crippen molar-refractivity contribution >= 4 is 29.4 Å². The summed E-state index contributed by atoms with van der Waals surface area (Å²) >= 11 is 6.08. The van der Waals surface area contributed by atoms with Crippen molar-refractivity contribution in [1.29, 1.82) is 0 Å². The molecule has 3 nitrogen and oxygen atoms in total. The fourth-order valence-electron chi connectivity index (χ4n) is 2.32. The van der Waals surface area contributed by atoms with E-state index in [1.165, 1.54) is 12.8 Å². The van der Waals surface area contributed by atoms with Crippen molar-refractivity contribution in [2.24, 2.45) is 4.99 Å². The number of halogens is 1. The maximum absolute atomic E-state index is 6.08. The van der Waals surface area contributed by atoms with Gasteiger partial charge in [-0.05, 0) is 43.5 Å². The van der Waals surface area contributed by atoms with Gasteiger partial charge in [0.2, 0.25) is 0 Å². The lowest BCUT2D eigenvalue weighted by Crippen LogP contribution is -2.16. The van der Waals surface area contributed by atoms with E-state index in [-0.39, 0.29) is 0 Å². The number of aliphatic imine (C=N–C) groups is 1. The van der Waals surface area contributed by atoms with E-state index in [0.29, 0.717) is 0 Å². The number of hydrogen-bond donors (Lipinski definition) is 0. The molecule has 0 amide bonds. The van der Waals surface area contributed by atoms with E-state index < -0.39 is 0 Å². The van der Waals surface area contributed by atoms with Gasteiger partial charge >= 0.3 is 0 Å². The average molecular weight is 289 g/mol. The molecule has 20 heavy (non-hydrogen) atoms. The number of furan rings is 1. The summed E-state index contributed by atoms with van der Waals surface area (Å²) in [5.74, 6) is 1.70. The standard InChI is InChI=1S/C16H17ClN2O/c1-12-4-5-13(10-15(12)17)18-11-14-6-7-16(20-14)19-8-2-3-9-19/h4-7,10-11H,2-3,8-9H2,1H3. The van der Waals surface area contributed by atoms with Crippen LogP contribution >= 0.6 is 11.6 Å². The highest BCUT2D eigenvalue weighted by Gasteiger charge is 2.14. The predicted octanol–water partition coefficient (Wildman–Crippen LogP) is 4.59. The molecule has 2 heterocycles. The second kappa shape index (κ2) is 5.71. The lowest BCUT2D eigenvalue weighted by Gasteiger charge is -2.12. The third kappa shape index (κ3) is 2.88. The number of hydrogen-bond acceptors (Lipinski definition) is 3. The van der Waals surface area contributed by atoms with Crippen LogP contribution in [-0.4, -0.2) is 19.3 Å². The fourth-order valence-corrected chi connectivity index (χ4v) is 2.49. The summed E-state index contributed by atoms with van der Waals surface area (Å²) in [7, 11) is 0. The Morgan fingerprint density at radius 3 is 2.75 bits per heavy atom. The van der Waals surface area contributed by atoms with Crippen molar-refractivity contribution in [2.75, 3.05) is 18.0 Å². The molecule has 1 aliphatic rings. The van der Waals surface area contributed by atoms with Gasteiger partial charge in [0, 0.05) is 24.2 Å². The Hall–Kier alpha value is -1.74. The molecule has 0 saturated carbocycles. The minimum absolute atomic E-state index is 0.733. The summed E-state index contributed by atoms with van der Waals surface area (Å²) in [6.07, 6.45) is 4.22. The highest BCUT2D eigenvalue weighted by Crippen LogP contribution is 2.24. The van der Waals surface area contributed by atoms with Crippen molar-refractivity contribution in [3.63, 3.8) is 0 Å². The molecule has 1 aromatic heterocycles. The van der Waals surface area contributed by atoms with Gasteiger partial charge in [-0.2, -0.15) is 0 Å². The zero-order chi connectivity index (χ0) is 13.9. The molecule has 104 valence electrons. The van der Waals surface area contributed by atoms with Gasteiger partial charge in [-0.15, -0.1) is 0 Å². The van der Waals surface area contributed by atoms with E-state index in [2.05, 4.69) is 9.89 Å². The zero-order valence-electron chi connectivity index (χ0n) is 11.5. The van der Waals surface area contributed by atoms with Crippen LogP contribution in [0, 0.1) is 6.92 Å². The van der Waals surface area contributed by atoms with Crippen molar-refractivity contribution in [3.05, 3.63) is 46.7 Å². The largest absolute Gasteiger partial charge is 0.440 e. The molecule has 4 heteroatoms. The van der Waals surface area contributed by atoms with Crippen LogP contribution in [0.2, 0.25) is 5.02 Å². The molecular weight excluding hydrogens is 272 g/mol. The first kappa shape index (κ1) is 13.3. The minimum Gasteiger partial charge on any atom is -0.440 e. The quantitative estimate of drug-likeness (QED) is 0.773. The lowest BCUT2D eigenvalue weighted by molar-refractivity contribution is 0.550. The van der Waals surface area contributed by atoms with E-state index in [4.69, 9.17) is 16.0 Å². The first-order chi connectivity index (χ1) is 9.72. The highest BCUT2D eigenvalue weighted by atomic mass is 35.5. The zero-order valence-corrected chi connectivity index (χ0v) is 12.2. The second-order valence-corrected chi connectivity index (χ2v) is 5.47. The van der Waals surface area contributed by atoms with Gasteiger partial charge in [0.25, 0.3) is 0 Å². The van der Waals surface area contributed by atoms with Gasteiger partial charge in [-0.3, -0.25) is 4.99 Å². The topological polar surface area (TPSA) is 28.7 Å². The van der Waals surface area contributed by atoms with Crippen molar-refractivity contribution in [2.45, 2.75) is 19.8 Å². The first-order valence-corrected chi connectivity index (χ1v) is 7.25. The van der Waals surface area contributed by atoms with Crippen LogP contribution in [0.4, 0.5) is 11.6 Å². The molecule has 2 aromatic rings. The number of rotatable bonds is 3. The van der Waals surface area contributed by atoms with Crippen molar-refractivity contribution < 1.29 is 4.42 Å². The maximum Gasteiger partial charge on any atom is 0.196 e. The van der Waals surface area contributed by atoms with Crippen LogP contribution in [0.15, 0.2) is 39.7 Å². The summed E-state index contributed by atoms with van der Waals surface area (Å²) in [6, 6.07) is 9.73. The molecule has 0 unspecified atom stereocenters. The summed E-state index contributed by atoms with van der Waals surface area (Å²) in [5, 5.41) is 0.733. The molecule has 1 fully saturated rings. The smallest absolute Gasteiger partial charge is 0.196 e. The van der Waals surface area contributed by atoms with E-state index >= 15 is 0 Å². The Morgan fingerprint density at radius 1 is 1.20 bits per heavy atom. The molecule has 0 atom stereocenters. The van der Waals surface area contributed by atoms with Crippen LogP contribution in [0.5, 0.6) is 0 Å². The van der Waals surface area contributed by atoms with Crippen LogP contribution < -0.4 is 4.90 Å². The average Bonchev–Trinajstić information content (AvgIpc) is 3.09. The molecule has 1 aliphatic heterocycles. The van der Waals surface area contributed by atoms with E-state index in [1.54, 1.807) is 6.21 Å². The number of aryl methyl sites for hydroxylation is 1. The summed E-state index contributed by atoms with van der Waals surface area (Å²) in [5.41, 5.74) is 1.89. The number of anilines is 1. The Bertz CT molecular complexity index is 627. The molecule has 0 bridgehead atoms. The van der Waals surface area contributed by atoms with Gasteiger partial charge in [0.1, 0.15) is 5.76 Å². The Morgan fingerprint density at radius 2 is 2.00 bits per heavy atom. The third-order valence-corrected chi connectivity index (χ3v) is 3.93. The maximum atomic E-state index is 6.08. The van der Waals surface area contributed by atoms with Crippen LogP contribution in [0.25, 0.3) is 0 Å². The monoisotopic (exact) mass is 288 g/mol. The third-order valence-electron chi connectivity index (χ3n) is 3.53. The number of benzene rings is 1. The number of nitrogens with zero attached hydrogens (tertiary/aromatic N) is 2. The van der Waals surface area contributed by atoms with Gasteiger partial charge in [0.05, 0.1) is 11.9 Å². The predicted molar refractivity (Wildman–Crippen MR) is 83.6 cm³/mol. The van der Waals surface area contributed by atoms with Crippen molar-refractivity contribution in [1.82, 2.24) is 0 Å². The van der Waals surface area contributed by atoms with Gasteiger partial charge in [-0.1, -0.05) is 17.7 Å². The Labute approximate surface area is 123 Å². The molecule has 1 saturated heterocycles. The second-order valence-electron chi connectivity index (χ2n) is 5.06. The van der Waals surface area contributed by atoms with E-state index in [1.807, 2.05) is 37.3 Å². The van der Waals surface area contributed by atoms with Crippen LogP contribution in [0.3, 0.4) is 0 Å². The van der Waals surface area contributed by atoms with Crippen LogP contribution in [0.1, 0.15) is 24.2 Å². The Balaban J connectivity index is 1.73. The molecular formula is C16H17ClN2O. The Kier molecular flexibility index (Phi) is 3.79. The van der Waals surface area contributed by atoms with Gasteiger partial charge in [-0.25, -0.2) is 0 Å². The SMILES string of the molecule is Cc1ccc(N=Cc2ccc(N3CCCC3)o2)cc1Cl. The normalized spacial score (nSPS) is 15.4. The van der Waals surface area contributed by atoms with Crippen LogP contribution in [-0.2, 0) is 0 Å². The first-order valence-electron chi connectivity index (χ1n) is 6.87. The van der Waals surface area contributed by atoms with Gasteiger partial charge in [0.15, 0.2) is 5.88 Å². The van der Waals surface area contributed by atoms with E-state index in [0.717, 1.165) is 41.0 Å². The molecule has 3 rings (SSSR count). The van der Waals surface area contributed by atoms with Crippen molar-refractivity contribution in [3.8, 4) is 0 Å². The molecule has 0 spiro atoms. The molecule has 0 aliphatic carbocycles. The molecule has 0 radical (unpaired) electrons. The summed E-state index contributed by atoms with van der Waals surface area (Å²) < 4.78 is 5.79. The molecule has 1 aromatic carbocycles. The summed E-state index contributed by atoms with van der Waals surface area (Å²) in [6.45, 7) is 4.14. The molecule has 0 N–H and O–H groups in total. The highest BCUT2D eigenvalue weighted by molar-refractivity contribution is 6.31. The lowest BCUT2D eigenvalue weighted by atomic mass is 10.2. The van der Waals surface area contributed by atoms with Gasteiger partial charge < -0.3 is 9.32 Å². The minimum atomic E-state index is 0.733.